The van der Waals surface area contributed by atoms with Crippen molar-refractivity contribution in [2.45, 2.75) is 37.8 Å². The van der Waals surface area contributed by atoms with Crippen LogP contribution < -0.4 is 4.90 Å². The zero-order chi connectivity index (χ0) is 24.3. The van der Waals surface area contributed by atoms with Crippen LogP contribution in [0.3, 0.4) is 0 Å². The second-order valence-electron chi connectivity index (χ2n) is 7.86. The summed E-state index contributed by atoms with van der Waals surface area (Å²) in [7, 11) is -3.99. The number of benzene rings is 2. The molecule has 0 N–H and O–H groups in total. The molecule has 1 amide bonds. The van der Waals surface area contributed by atoms with Gasteiger partial charge in [-0.25, -0.2) is 8.42 Å². The average Bonchev–Trinajstić information content (AvgIpc) is 2.74. The Morgan fingerprint density at radius 2 is 1.79 bits per heavy atom. The van der Waals surface area contributed by atoms with Gasteiger partial charge in [0.15, 0.2) is 15.6 Å². The molecule has 3 rings (SSSR count). The fraction of sp³-hybridized carbons (Fsp3) is 0.391. The first-order valence-electron chi connectivity index (χ1n) is 10.6. The van der Waals surface area contributed by atoms with Gasteiger partial charge in [-0.05, 0) is 57.2 Å². The van der Waals surface area contributed by atoms with Gasteiger partial charge in [-0.1, -0.05) is 29.3 Å². The molecule has 2 unspecified atom stereocenters. The fourth-order valence-corrected chi connectivity index (χ4v) is 5.83. The molecule has 10 heteroatoms. The minimum absolute atomic E-state index is 0.0286. The molecule has 1 fully saturated rings. The van der Waals surface area contributed by atoms with Crippen molar-refractivity contribution in [3.05, 3.63) is 58.1 Å². The minimum atomic E-state index is -3.99. The highest BCUT2D eigenvalue weighted by molar-refractivity contribution is 7.92. The molecular weight excluding hydrogens is 487 g/mol. The lowest BCUT2D eigenvalue weighted by molar-refractivity contribution is -0.139. The van der Waals surface area contributed by atoms with Gasteiger partial charge < -0.3 is 14.5 Å². The first-order valence-corrected chi connectivity index (χ1v) is 13.0. The van der Waals surface area contributed by atoms with Crippen LogP contribution in [0.5, 0.6) is 0 Å². The second-order valence-corrected chi connectivity index (χ2v) is 10.7. The summed E-state index contributed by atoms with van der Waals surface area (Å²) in [6.45, 7) is 6.79. The number of ether oxygens (including phenoxy) is 1. The summed E-state index contributed by atoms with van der Waals surface area (Å²) in [6.07, 6.45) is 0. The molecule has 0 saturated carbocycles. The molecule has 2 aromatic rings. The van der Waals surface area contributed by atoms with Gasteiger partial charge in [0.2, 0.25) is 0 Å². The topological polar surface area (TPSA) is 84.0 Å². The van der Waals surface area contributed by atoms with Crippen LogP contribution in [0.15, 0.2) is 47.4 Å². The number of amides is 1. The molecule has 33 heavy (non-hydrogen) atoms. The number of carbonyl (C=O) groups excluding carboxylic acids is 2. The molecule has 0 radical (unpaired) electrons. The van der Waals surface area contributed by atoms with Crippen molar-refractivity contribution < 1.29 is 22.7 Å². The van der Waals surface area contributed by atoms with E-state index in [4.69, 9.17) is 27.9 Å². The summed E-state index contributed by atoms with van der Waals surface area (Å²) in [5.74, 6) is -1.90. The maximum Gasteiger partial charge on any atom is 0.321 e. The van der Waals surface area contributed by atoms with E-state index in [1.165, 1.54) is 18.2 Å². The van der Waals surface area contributed by atoms with Crippen LogP contribution in [0.2, 0.25) is 10.0 Å². The van der Waals surface area contributed by atoms with Crippen molar-refractivity contribution >= 4 is 50.6 Å². The van der Waals surface area contributed by atoms with Crippen LogP contribution in [-0.2, 0) is 19.4 Å². The summed E-state index contributed by atoms with van der Waals surface area (Å²) < 4.78 is 29.7. The number of hydrogen-bond acceptors (Lipinski definition) is 6. The van der Waals surface area contributed by atoms with Gasteiger partial charge in [-0.3, -0.25) is 9.59 Å². The largest absolute Gasteiger partial charge is 0.465 e. The number of carbonyl (C=O) groups is 2. The zero-order valence-electron chi connectivity index (χ0n) is 18.6. The van der Waals surface area contributed by atoms with E-state index in [9.17, 15) is 18.0 Å². The van der Waals surface area contributed by atoms with Gasteiger partial charge in [0.25, 0.3) is 5.91 Å². The third-order valence-electron chi connectivity index (χ3n) is 5.79. The van der Waals surface area contributed by atoms with Gasteiger partial charge in [0, 0.05) is 41.4 Å². The Hall–Kier alpha value is -2.29. The second kappa shape index (κ2) is 10.3. The van der Waals surface area contributed by atoms with Gasteiger partial charge in [-0.15, -0.1) is 0 Å². The van der Waals surface area contributed by atoms with Crippen LogP contribution in [0.4, 0.5) is 5.69 Å². The number of sulfone groups is 1. The molecule has 178 valence electrons. The molecular formula is C23H26Cl2N2O5S. The predicted octanol–water partition coefficient (Wildman–Crippen LogP) is 4.07. The maximum atomic E-state index is 13.2. The maximum absolute atomic E-state index is 13.2. The Balaban J connectivity index is 1.77. The molecule has 1 saturated heterocycles. The van der Waals surface area contributed by atoms with Crippen molar-refractivity contribution in [1.82, 2.24) is 4.90 Å². The van der Waals surface area contributed by atoms with Crippen LogP contribution in [0, 0.1) is 0 Å². The molecule has 1 aliphatic heterocycles. The third kappa shape index (κ3) is 5.62. The van der Waals surface area contributed by atoms with E-state index in [1.54, 1.807) is 11.8 Å². The van der Waals surface area contributed by atoms with E-state index < -0.39 is 21.6 Å². The van der Waals surface area contributed by atoms with Crippen molar-refractivity contribution in [2.75, 3.05) is 30.3 Å². The normalized spacial score (nSPS) is 18.8. The van der Waals surface area contributed by atoms with Gasteiger partial charge in [0.05, 0.1) is 16.5 Å². The van der Waals surface area contributed by atoms with E-state index in [2.05, 4.69) is 4.90 Å². The number of anilines is 1. The predicted molar refractivity (Wildman–Crippen MR) is 129 cm³/mol. The van der Waals surface area contributed by atoms with E-state index in [0.29, 0.717) is 18.1 Å². The summed E-state index contributed by atoms with van der Waals surface area (Å²) in [6, 6.07) is 11.5. The van der Waals surface area contributed by atoms with Crippen LogP contribution in [0.25, 0.3) is 0 Å². The van der Waals surface area contributed by atoms with Crippen molar-refractivity contribution in [2.24, 2.45) is 0 Å². The summed E-state index contributed by atoms with van der Waals surface area (Å²) in [5.41, 5.74) is 1.28. The number of halogens is 2. The smallest absolute Gasteiger partial charge is 0.321 e. The molecule has 1 heterocycles. The third-order valence-corrected chi connectivity index (χ3v) is 8.09. The fourth-order valence-electron chi connectivity index (χ4n) is 3.94. The highest BCUT2D eigenvalue weighted by atomic mass is 35.5. The van der Waals surface area contributed by atoms with E-state index in [1.807, 2.05) is 38.1 Å². The number of hydrogen-bond donors (Lipinski definition) is 0. The lowest BCUT2D eigenvalue weighted by Gasteiger charge is -2.46. The molecule has 0 aromatic heterocycles. The van der Waals surface area contributed by atoms with E-state index in [-0.39, 0.29) is 40.1 Å². The van der Waals surface area contributed by atoms with Crippen molar-refractivity contribution in [3.8, 4) is 0 Å². The first kappa shape index (κ1) is 25.3. The zero-order valence-corrected chi connectivity index (χ0v) is 21.0. The highest BCUT2D eigenvalue weighted by Gasteiger charge is 2.34. The summed E-state index contributed by atoms with van der Waals surface area (Å²) >= 11 is 12.4. The quantitative estimate of drug-likeness (QED) is 0.542. The Morgan fingerprint density at radius 3 is 2.42 bits per heavy atom. The molecule has 0 aliphatic carbocycles. The van der Waals surface area contributed by atoms with Crippen LogP contribution in [-0.4, -0.2) is 62.7 Å². The van der Waals surface area contributed by atoms with Crippen LogP contribution in [0.1, 0.15) is 31.1 Å². The Kier molecular flexibility index (Phi) is 7.92. The van der Waals surface area contributed by atoms with Gasteiger partial charge in [-0.2, -0.15) is 0 Å². The van der Waals surface area contributed by atoms with Crippen molar-refractivity contribution in [3.63, 3.8) is 0 Å². The Bertz CT molecular complexity index is 1160. The molecule has 0 spiro atoms. The summed E-state index contributed by atoms with van der Waals surface area (Å²) in [5, 5.41) is 0.543. The van der Waals surface area contributed by atoms with E-state index >= 15 is 0 Å². The molecule has 2 aromatic carbocycles. The first-order chi connectivity index (χ1) is 15.5. The van der Waals surface area contributed by atoms with Crippen LogP contribution >= 0.6 is 23.2 Å². The standard InChI is InChI=1S/C23H26Cl2N2O5S/c1-4-32-22(28)14-33(30,31)21-9-8-17(12-20(21)25)23(29)27-11-10-26(15(2)16(27)3)19-7-5-6-18(24)13-19/h5-9,12-13,15-16H,4,10-11,14H2,1-3H3. The number of esters is 1. The lowest BCUT2D eigenvalue weighted by Crippen LogP contribution is -2.59. The SMILES string of the molecule is CCOC(=O)CS(=O)(=O)c1ccc(C(=O)N2CCN(c3cccc(Cl)c3)C(C)C2C)cc1Cl. The molecule has 7 nitrogen and oxygen atoms in total. The number of nitrogens with zero attached hydrogens (tertiary/aromatic N) is 2. The van der Waals surface area contributed by atoms with Gasteiger partial charge >= 0.3 is 5.97 Å². The Labute approximate surface area is 204 Å². The number of piperazine rings is 1. The Morgan fingerprint density at radius 1 is 1.06 bits per heavy atom. The average molecular weight is 513 g/mol. The van der Waals surface area contributed by atoms with Gasteiger partial charge in [0.1, 0.15) is 0 Å². The molecule has 0 bridgehead atoms. The lowest BCUT2D eigenvalue weighted by atomic mass is 10.0. The molecule has 1 aliphatic rings. The van der Waals surface area contributed by atoms with E-state index in [0.717, 1.165) is 5.69 Å². The minimum Gasteiger partial charge on any atom is -0.465 e. The monoisotopic (exact) mass is 512 g/mol. The molecule has 2 atom stereocenters. The summed E-state index contributed by atoms with van der Waals surface area (Å²) in [4.78, 5) is 28.6. The highest BCUT2D eigenvalue weighted by Crippen LogP contribution is 2.29. The van der Waals surface area contributed by atoms with Crippen molar-refractivity contribution in [1.29, 1.82) is 0 Å². The number of rotatable bonds is 6.